The van der Waals surface area contributed by atoms with Gasteiger partial charge in [-0.05, 0) is 157 Å². The average molecular weight is 1050 g/mol. The van der Waals surface area contributed by atoms with Crippen molar-refractivity contribution in [1.29, 1.82) is 0 Å². The van der Waals surface area contributed by atoms with Crippen LogP contribution in [0.25, 0.3) is 54.9 Å². The molecule has 12 heteroatoms. The van der Waals surface area contributed by atoms with E-state index in [-0.39, 0.29) is 5.90 Å². The van der Waals surface area contributed by atoms with Gasteiger partial charge in [-0.1, -0.05) is 12.1 Å². The number of aromatic nitrogens is 5. The van der Waals surface area contributed by atoms with Crippen molar-refractivity contribution in [3.8, 4) is 5.75 Å². The summed E-state index contributed by atoms with van der Waals surface area (Å²) in [5.74, 6) is 0.981. The third-order valence-electron chi connectivity index (χ3n) is 15.8. The second-order valence-electron chi connectivity index (χ2n) is 21.1. The maximum atomic E-state index is 11.2. The molecular weight excluding hydrogens is 989 g/mol. The number of hydrogen-bond acceptors (Lipinski definition) is 6. The van der Waals surface area contributed by atoms with Crippen molar-refractivity contribution in [3.63, 3.8) is 0 Å². The summed E-state index contributed by atoms with van der Waals surface area (Å²) in [6, 6.07) is 29.3. The van der Waals surface area contributed by atoms with E-state index in [1.54, 1.807) is 7.11 Å². The highest BCUT2D eigenvalue weighted by atomic mass is 16.5. The van der Waals surface area contributed by atoms with Crippen LogP contribution >= 0.6 is 0 Å². The van der Waals surface area contributed by atoms with Crippen LogP contribution in [0.4, 0.5) is 5.69 Å². The van der Waals surface area contributed by atoms with Gasteiger partial charge in [0.05, 0.1) is 52.5 Å². The van der Waals surface area contributed by atoms with Gasteiger partial charge in [0.25, 0.3) is 0 Å². The number of rotatable bonds is 11. The van der Waals surface area contributed by atoms with E-state index in [2.05, 4.69) is 193 Å². The molecule has 8 aromatic rings. The minimum absolute atomic E-state index is 0.126. The van der Waals surface area contributed by atoms with Crippen molar-refractivity contribution in [2.24, 2.45) is 34.1 Å². The number of ether oxygens (including phenoxy) is 1. The summed E-state index contributed by atoms with van der Waals surface area (Å²) in [7, 11) is 7.79. The van der Waals surface area contributed by atoms with E-state index >= 15 is 0 Å². The van der Waals surface area contributed by atoms with Crippen LogP contribution < -0.4 is 18.4 Å². The number of benzene rings is 3. The molecule has 0 aliphatic carbocycles. The average Bonchev–Trinajstić information content (AvgIpc) is 4.49. The summed E-state index contributed by atoms with van der Waals surface area (Å²) in [5, 5.41) is 16.1. The number of hydrogen-bond donors (Lipinski definition) is 3. The lowest BCUT2D eigenvalue weighted by atomic mass is 9.97. The Balaban J connectivity index is 0.803. The molecule has 392 valence electrons. The lowest BCUT2D eigenvalue weighted by Crippen LogP contribution is -2.32. The second kappa shape index (κ2) is 20.5. The molecule has 0 saturated carbocycles. The van der Waals surface area contributed by atoms with Gasteiger partial charge in [-0.15, -0.1) is 0 Å². The quantitative estimate of drug-likeness (QED) is 0.0517. The Morgan fingerprint density at radius 1 is 0.588 bits per heavy atom. The SMILES string of the molecule is COc1ccc2[nH]c3c(C)c4cc[n+](CCCCCC(O)=Nc5ccc(C6=C7C=CC(=N7)C(c7cc[n+](C)cc7)=C7C=CC(=N7)C(c7cc[n+](C)cc7)=C7C=CC(=N7)C(=C7C=CN(C)C=C7)c7ccc6[nH]7)cc5)cc4c(C)c3c2c1. The molecule has 0 radical (unpaired) electrons. The van der Waals surface area contributed by atoms with E-state index < -0.39 is 0 Å². The molecule has 0 amide bonds. The predicted octanol–water partition coefficient (Wildman–Crippen LogP) is 12.6. The van der Waals surface area contributed by atoms with Crippen LogP contribution in [0.15, 0.2) is 226 Å². The van der Waals surface area contributed by atoms with Gasteiger partial charge in [-0.3, -0.25) is 0 Å². The van der Waals surface area contributed by atoms with Gasteiger partial charge in [0.2, 0.25) is 0 Å². The minimum Gasteiger partial charge on any atom is -0.497 e. The van der Waals surface area contributed by atoms with Crippen molar-refractivity contribution in [2.45, 2.75) is 46.1 Å². The lowest BCUT2D eigenvalue weighted by molar-refractivity contribution is -0.696. The topological polar surface area (TPSA) is 125 Å². The van der Waals surface area contributed by atoms with E-state index in [1.807, 2.05) is 53.4 Å². The number of aliphatic hydroxyl groups excluding tert-OH is 1. The molecule has 3 N–H and O–H groups in total. The van der Waals surface area contributed by atoms with E-state index in [4.69, 9.17) is 24.7 Å². The highest BCUT2D eigenvalue weighted by Gasteiger charge is 2.28. The zero-order chi connectivity index (χ0) is 54.6. The van der Waals surface area contributed by atoms with Crippen molar-refractivity contribution < 1.29 is 23.5 Å². The molecule has 12 nitrogen and oxygen atoms in total. The van der Waals surface area contributed by atoms with Crippen LogP contribution in [-0.4, -0.2) is 57.2 Å². The number of aromatic amines is 2. The van der Waals surface area contributed by atoms with Crippen molar-refractivity contribution in [3.05, 3.63) is 245 Å². The summed E-state index contributed by atoms with van der Waals surface area (Å²) in [6.07, 6.45) is 37.0. The van der Waals surface area contributed by atoms with Crippen LogP contribution in [0.5, 0.6) is 5.75 Å². The monoisotopic (exact) mass is 1050 g/mol. The molecule has 5 aromatic heterocycles. The van der Waals surface area contributed by atoms with E-state index in [9.17, 15) is 5.11 Å². The molecule has 0 fully saturated rings. The van der Waals surface area contributed by atoms with Crippen molar-refractivity contribution >= 4 is 83.6 Å². The number of pyridine rings is 3. The maximum absolute atomic E-state index is 11.2. The van der Waals surface area contributed by atoms with Crippen LogP contribution in [0.3, 0.4) is 0 Å². The summed E-state index contributed by atoms with van der Waals surface area (Å²) >= 11 is 0. The van der Waals surface area contributed by atoms with Gasteiger partial charge in [0.1, 0.15) is 26.4 Å². The number of aliphatic imine (C=N–C) groups is 4. The van der Waals surface area contributed by atoms with Gasteiger partial charge in [-0.2, -0.15) is 0 Å². The maximum Gasteiger partial charge on any atom is 0.185 e. The van der Waals surface area contributed by atoms with Gasteiger partial charge in [0.15, 0.2) is 43.1 Å². The van der Waals surface area contributed by atoms with Crippen molar-refractivity contribution in [2.75, 3.05) is 14.2 Å². The summed E-state index contributed by atoms with van der Waals surface area (Å²) < 4.78 is 11.9. The Morgan fingerprint density at radius 3 is 1.80 bits per heavy atom. The van der Waals surface area contributed by atoms with Crippen LogP contribution in [-0.2, 0) is 20.6 Å². The van der Waals surface area contributed by atoms with Gasteiger partial charge < -0.3 is 24.7 Å². The van der Waals surface area contributed by atoms with Crippen LogP contribution in [0, 0.1) is 13.8 Å². The molecule has 8 bridgehead atoms. The number of aliphatic hydroxyl groups is 1. The Morgan fingerprint density at radius 2 is 1.18 bits per heavy atom. The molecule has 3 aromatic carbocycles. The Hall–Kier alpha value is -9.81. The number of allylic oxidation sites excluding steroid dienone is 12. The lowest BCUT2D eigenvalue weighted by Gasteiger charge is -2.16. The normalized spacial score (nSPS) is 16.0. The van der Waals surface area contributed by atoms with Crippen molar-refractivity contribution in [1.82, 2.24) is 14.9 Å². The smallest absolute Gasteiger partial charge is 0.185 e. The molecule has 80 heavy (non-hydrogen) atoms. The molecular formula is C68H61N10O2+3. The van der Waals surface area contributed by atoms with Gasteiger partial charge >= 0.3 is 0 Å². The molecule has 5 aliphatic heterocycles. The molecule has 10 heterocycles. The molecule has 0 saturated heterocycles. The van der Waals surface area contributed by atoms with Crippen LogP contribution in [0.2, 0.25) is 0 Å². The minimum atomic E-state index is 0.126. The highest BCUT2D eigenvalue weighted by Crippen LogP contribution is 2.40. The fourth-order valence-electron chi connectivity index (χ4n) is 11.6. The third kappa shape index (κ3) is 9.27. The molecule has 5 aliphatic rings. The fraction of sp³-hybridized carbons (Fsp3) is 0.162. The first-order valence-corrected chi connectivity index (χ1v) is 27.3. The number of nitrogens with one attached hydrogen (secondary N) is 2. The summed E-state index contributed by atoms with van der Waals surface area (Å²) in [6.45, 7) is 5.31. The van der Waals surface area contributed by atoms with Gasteiger partial charge in [0, 0.05) is 118 Å². The standard InChI is InChI=1S/C68H59N10O2/c1-42-52-41-78(39-31-50(52)43(2)68-63(42)51-40-49(80-6)15-16-53(51)74-68)32-9-7-8-10-62(79)69-48-13-11-44(12-14-48)64-54-17-19-56(70-54)65(45-25-33-75(3)34-26-45)58-21-23-60(72-58)67(47-29-37-77(5)38-30-47)61-24-22-59(73-61)66(57-20-18-55(64)71-57)46-27-35-76(4)36-28-46/h11-31,33-41H,7-10,32H2,1-6H3,(H-,69,70,71,72,73,79)/q+1/p+2. The first-order valence-electron chi connectivity index (χ1n) is 27.3. The Kier molecular flexibility index (Phi) is 12.8. The second-order valence-corrected chi connectivity index (χ2v) is 21.1. The zero-order valence-corrected chi connectivity index (χ0v) is 45.8. The first-order chi connectivity index (χ1) is 39.0. The molecule has 0 atom stereocenters. The first kappa shape index (κ1) is 49.7. The van der Waals surface area contributed by atoms with Crippen LogP contribution in [0.1, 0.15) is 64.9 Å². The predicted molar refractivity (Wildman–Crippen MR) is 323 cm³/mol. The number of unbranched alkanes of at least 4 members (excludes halogenated alkanes) is 2. The summed E-state index contributed by atoms with van der Waals surface area (Å²) in [4.78, 5) is 30.6. The molecule has 0 unspecified atom stereocenters. The van der Waals surface area contributed by atoms with E-state index in [1.165, 1.54) is 38.2 Å². The molecule has 0 spiro atoms. The zero-order valence-electron chi connectivity index (χ0n) is 45.8. The number of fused-ring (bicyclic) bond motifs is 9. The largest absolute Gasteiger partial charge is 0.497 e. The number of H-pyrrole nitrogens is 2. The highest BCUT2D eigenvalue weighted by molar-refractivity contribution is 6.37. The van der Waals surface area contributed by atoms with E-state index in [0.29, 0.717) is 12.1 Å². The number of nitrogens with zero attached hydrogens (tertiary/aromatic N) is 8. The van der Waals surface area contributed by atoms with E-state index in [0.717, 1.165) is 127 Å². The number of aryl methyl sites for hydroxylation is 5. The molecule has 13 rings (SSSR count). The Bertz CT molecular complexity index is 4310. The fourth-order valence-corrected chi connectivity index (χ4v) is 11.6. The third-order valence-corrected chi connectivity index (χ3v) is 15.8. The number of methoxy groups -OCH3 is 1. The Labute approximate surface area is 464 Å². The summed E-state index contributed by atoms with van der Waals surface area (Å²) in [5.41, 5.74) is 20.0. The van der Waals surface area contributed by atoms with Gasteiger partial charge in [-0.25, -0.2) is 33.7 Å².